The number of unbranched alkanes of at least 4 members (excludes halogenated alkanes) is 1. The van der Waals surface area contributed by atoms with Crippen molar-refractivity contribution >= 4 is 40.6 Å². The van der Waals surface area contributed by atoms with Crippen molar-refractivity contribution in [3.8, 4) is 0 Å². The molecule has 0 aliphatic rings. The van der Waals surface area contributed by atoms with Gasteiger partial charge in [0.15, 0.2) is 5.78 Å². The highest BCUT2D eigenvalue weighted by atomic mass is 32.2. The van der Waals surface area contributed by atoms with E-state index in [2.05, 4.69) is 38.9 Å². The van der Waals surface area contributed by atoms with Gasteiger partial charge < -0.3 is 0 Å². The topological polar surface area (TPSA) is 60.7 Å². The van der Waals surface area contributed by atoms with Crippen molar-refractivity contribution in [2.24, 2.45) is 0 Å². The summed E-state index contributed by atoms with van der Waals surface area (Å²) < 4.78 is 2.10. The number of hydrogen-bond acceptors (Lipinski definition) is 5. The van der Waals surface area contributed by atoms with Crippen molar-refractivity contribution in [2.45, 2.75) is 42.5 Å². The number of Topliss-reactive ketones (excluding diaryl/α,β-unsaturated/α-hetero) is 1. The molecule has 0 radical (unpaired) electrons. The second kappa shape index (κ2) is 11.8. The minimum atomic E-state index is 0.0732. The van der Waals surface area contributed by atoms with E-state index in [1.54, 1.807) is 24.9 Å². The monoisotopic (exact) mass is 504 g/mol. The van der Waals surface area contributed by atoms with Crippen molar-refractivity contribution < 1.29 is 4.79 Å². The zero-order valence-corrected chi connectivity index (χ0v) is 21.6. The molecule has 37 heavy (non-hydrogen) atoms. The number of aryl methyl sites for hydroxylation is 2. The number of fused-ring (bicyclic) bond motifs is 1. The van der Waals surface area contributed by atoms with Crippen molar-refractivity contribution in [1.29, 1.82) is 0 Å². The molecule has 184 valence electrons. The molecule has 0 bridgehead atoms. The van der Waals surface area contributed by atoms with Crippen LogP contribution in [0.25, 0.3) is 23.1 Å². The normalized spacial score (nSPS) is 11.4. The second-order valence-electron chi connectivity index (χ2n) is 8.81. The molecule has 0 saturated heterocycles. The van der Waals surface area contributed by atoms with E-state index in [1.165, 1.54) is 0 Å². The molecule has 2 aromatic carbocycles. The molecule has 5 aromatic rings. The Kier molecular flexibility index (Phi) is 7.87. The van der Waals surface area contributed by atoms with E-state index >= 15 is 0 Å². The van der Waals surface area contributed by atoms with Gasteiger partial charge in [-0.05, 0) is 86.9 Å². The first-order chi connectivity index (χ1) is 18.2. The minimum Gasteiger partial charge on any atom is -0.294 e. The fourth-order valence-corrected chi connectivity index (χ4v) is 5.29. The number of hydrogen-bond donors (Lipinski definition) is 0. The summed E-state index contributed by atoms with van der Waals surface area (Å²) in [6, 6.07) is 26.1. The third-order valence-corrected chi connectivity index (χ3v) is 7.19. The largest absolute Gasteiger partial charge is 0.294 e. The van der Waals surface area contributed by atoms with E-state index in [-0.39, 0.29) is 5.78 Å². The molecule has 0 aliphatic heterocycles. The van der Waals surface area contributed by atoms with Gasteiger partial charge in [-0.3, -0.25) is 19.4 Å². The Hall–Kier alpha value is -4.03. The van der Waals surface area contributed by atoms with E-state index < -0.39 is 0 Å². The highest BCUT2D eigenvalue weighted by Crippen LogP contribution is 2.34. The van der Waals surface area contributed by atoms with Gasteiger partial charge in [-0.15, -0.1) is 0 Å². The van der Waals surface area contributed by atoms with Gasteiger partial charge in [-0.1, -0.05) is 42.1 Å². The van der Waals surface area contributed by atoms with Crippen molar-refractivity contribution in [3.05, 3.63) is 114 Å². The molecule has 5 rings (SSSR count). The van der Waals surface area contributed by atoms with E-state index in [9.17, 15) is 4.79 Å². The van der Waals surface area contributed by atoms with Gasteiger partial charge in [-0.2, -0.15) is 5.10 Å². The van der Waals surface area contributed by atoms with Gasteiger partial charge in [-0.25, -0.2) is 0 Å². The molecule has 0 aliphatic carbocycles. The summed E-state index contributed by atoms with van der Waals surface area (Å²) in [5.74, 6) is 0.0732. The summed E-state index contributed by atoms with van der Waals surface area (Å²) >= 11 is 1.61. The average molecular weight is 505 g/mol. The Labute approximate surface area is 221 Å². The Morgan fingerprint density at radius 2 is 1.70 bits per heavy atom. The Morgan fingerprint density at radius 1 is 0.892 bits per heavy atom. The average Bonchev–Trinajstić information content (AvgIpc) is 3.28. The zero-order valence-electron chi connectivity index (χ0n) is 20.7. The molecule has 0 N–H and O–H groups in total. The van der Waals surface area contributed by atoms with E-state index in [4.69, 9.17) is 5.10 Å². The summed E-state index contributed by atoms with van der Waals surface area (Å²) in [4.78, 5) is 23.0. The van der Waals surface area contributed by atoms with Crippen LogP contribution in [0.5, 0.6) is 0 Å². The van der Waals surface area contributed by atoms with Crippen LogP contribution >= 0.6 is 11.8 Å². The molecular formula is C31H28N4OS. The molecule has 0 saturated carbocycles. The number of ketones is 1. The van der Waals surface area contributed by atoms with Gasteiger partial charge in [0.1, 0.15) is 0 Å². The first-order valence-corrected chi connectivity index (χ1v) is 13.3. The lowest BCUT2D eigenvalue weighted by atomic mass is 10.1. The number of benzene rings is 2. The number of carbonyl (C=O) groups is 1. The van der Waals surface area contributed by atoms with Crippen molar-refractivity contribution in [2.75, 3.05) is 0 Å². The molecule has 5 nitrogen and oxygen atoms in total. The van der Waals surface area contributed by atoms with Crippen LogP contribution in [0.4, 0.5) is 0 Å². The molecule has 6 heteroatoms. The smallest absolute Gasteiger partial charge is 0.160 e. The van der Waals surface area contributed by atoms with Gasteiger partial charge in [0.25, 0.3) is 0 Å². The summed E-state index contributed by atoms with van der Waals surface area (Å²) in [6.07, 6.45) is 10.7. The Bertz CT molecular complexity index is 1530. The maximum absolute atomic E-state index is 12.1. The number of rotatable bonds is 10. The van der Waals surface area contributed by atoms with Crippen LogP contribution in [0.1, 0.15) is 47.2 Å². The van der Waals surface area contributed by atoms with Gasteiger partial charge in [0.2, 0.25) is 0 Å². The molecule has 3 heterocycles. The van der Waals surface area contributed by atoms with Crippen LogP contribution in [0, 0.1) is 0 Å². The van der Waals surface area contributed by atoms with Crippen LogP contribution in [-0.4, -0.2) is 25.5 Å². The SMILES string of the molecule is CC(=O)c1ccccc1Sc1ccc2c(/C=C/c3ccccn3)nn(CCCCc3ccccn3)c2c1. The van der Waals surface area contributed by atoms with E-state index in [0.29, 0.717) is 0 Å². The van der Waals surface area contributed by atoms with Crippen molar-refractivity contribution in [1.82, 2.24) is 19.7 Å². The standard InChI is InChI=1S/C31H28N4OS/c1-23(36)27-13-2-3-14-31(27)37-26-16-17-28-29(18-15-25-11-5-8-20-33-25)34-35(30(28)22-26)21-9-6-12-24-10-4-7-19-32-24/h2-5,7-8,10-11,13-20,22H,6,9,12,21H2,1H3/b18-15+. The van der Waals surface area contributed by atoms with Crippen LogP contribution in [0.15, 0.2) is 101 Å². The molecule has 3 aromatic heterocycles. The fourth-order valence-electron chi connectivity index (χ4n) is 4.26. The number of carbonyl (C=O) groups excluding carboxylic acids is 1. The molecular weight excluding hydrogens is 476 g/mol. The van der Waals surface area contributed by atoms with Crippen molar-refractivity contribution in [3.63, 3.8) is 0 Å². The van der Waals surface area contributed by atoms with Gasteiger partial charge >= 0.3 is 0 Å². The lowest BCUT2D eigenvalue weighted by Crippen LogP contribution is -2.01. The second-order valence-corrected chi connectivity index (χ2v) is 9.92. The third kappa shape index (κ3) is 6.22. The number of nitrogens with zero attached hydrogens (tertiary/aromatic N) is 4. The summed E-state index contributed by atoms with van der Waals surface area (Å²) in [5, 5.41) is 6.06. The zero-order chi connectivity index (χ0) is 25.5. The molecule has 0 amide bonds. The first-order valence-electron chi connectivity index (χ1n) is 12.4. The van der Waals surface area contributed by atoms with Crippen LogP contribution in [0.3, 0.4) is 0 Å². The molecule has 0 atom stereocenters. The predicted molar refractivity (Wildman–Crippen MR) is 151 cm³/mol. The maximum Gasteiger partial charge on any atom is 0.160 e. The minimum absolute atomic E-state index is 0.0732. The summed E-state index contributed by atoms with van der Waals surface area (Å²) in [6.45, 7) is 2.43. The third-order valence-electron chi connectivity index (χ3n) is 6.12. The van der Waals surface area contributed by atoms with Crippen LogP contribution in [-0.2, 0) is 13.0 Å². The highest BCUT2D eigenvalue weighted by molar-refractivity contribution is 7.99. The first kappa shape index (κ1) is 24.7. The summed E-state index contributed by atoms with van der Waals surface area (Å²) in [7, 11) is 0. The van der Waals surface area contributed by atoms with Crippen LogP contribution in [0.2, 0.25) is 0 Å². The number of aromatic nitrogens is 4. The quantitative estimate of drug-likeness (QED) is 0.147. The van der Waals surface area contributed by atoms with Gasteiger partial charge in [0, 0.05) is 45.4 Å². The maximum atomic E-state index is 12.1. The molecule has 0 fully saturated rings. The lowest BCUT2D eigenvalue weighted by molar-refractivity contribution is 0.101. The Balaban J connectivity index is 1.42. The predicted octanol–water partition coefficient (Wildman–Crippen LogP) is 7.37. The highest BCUT2D eigenvalue weighted by Gasteiger charge is 2.13. The molecule has 0 unspecified atom stereocenters. The lowest BCUT2D eigenvalue weighted by Gasteiger charge is -2.08. The Morgan fingerprint density at radius 3 is 2.49 bits per heavy atom. The fraction of sp³-hybridized carbons (Fsp3) is 0.161. The molecule has 0 spiro atoms. The van der Waals surface area contributed by atoms with Gasteiger partial charge in [0.05, 0.1) is 16.9 Å². The summed E-state index contributed by atoms with van der Waals surface area (Å²) in [5.41, 5.74) is 4.77. The number of pyridine rings is 2. The van der Waals surface area contributed by atoms with Crippen LogP contribution < -0.4 is 0 Å². The van der Waals surface area contributed by atoms with E-state index in [0.717, 1.165) is 69.1 Å². The van der Waals surface area contributed by atoms with E-state index in [1.807, 2.05) is 72.9 Å².